The van der Waals surface area contributed by atoms with Gasteiger partial charge < -0.3 is 4.42 Å². The van der Waals surface area contributed by atoms with Crippen LogP contribution in [0.5, 0.6) is 0 Å². The van der Waals surface area contributed by atoms with E-state index in [1.165, 1.54) is 49.0 Å². The highest BCUT2D eigenvalue weighted by Gasteiger charge is 2.19. The van der Waals surface area contributed by atoms with E-state index in [1.54, 1.807) is 0 Å². The van der Waals surface area contributed by atoms with Crippen molar-refractivity contribution in [2.24, 2.45) is 0 Å². The van der Waals surface area contributed by atoms with Gasteiger partial charge in [-0.3, -0.25) is 4.57 Å². The van der Waals surface area contributed by atoms with Gasteiger partial charge in [0, 0.05) is 22.0 Å². The van der Waals surface area contributed by atoms with E-state index in [-0.39, 0.29) is 0 Å². The lowest BCUT2D eigenvalue weighted by atomic mass is 9.85. The van der Waals surface area contributed by atoms with Gasteiger partial charge in [-0.25, -0.2) is 4.98 Å². The Morgan fingerprint density at radius 3 is 1.63 bits per heavy atom. The first kappa shape index (κ1) is 28.8. The van der Waals surface area contributed by atoms with Crippen LogP contribution in [0.4, 0.5) is 0 Å². The van der Waals surface area contributed by atoms with Gasteiger partial charge in [0.05, 0.1) is 11.0 Å². The van der Waals surface area contributed by atoms with Gasteiger partial charge in [0.15, 0.2) is 0 Å². The van der Waals surface area contributed by atoms with Gasteiger partial charge in [0.1, 0.15) is 17.0 Å². The molecule has 0 amide bonds. The van der Waals surface area contributed by atoms with Crippen molar-refractivity contribution in [3.63, 3.8) is 0 Å². The molecule has 0 saturated heterocycles. The molecule has 52 heavy (non-hydrogen) atoms. The minimum Gasteiger partial charge on any atom is -0.456 e. The van der Waals surface area contributed by atoms with Crippen molar-refractivity contribution in [1.82, 2.24) is 9.55 Å². The Balaban J connectivity index is 1.09. The Hall–Kier alpha value is -6.97. The number of rotatable bonds is 4. The topological polar surface area (TPSA) is 31.0 Å². The van der Waals surface area contributed by atoms with Crippen LogP contribution in [0.25, 0.3) is 105 Å². The van der Waals surface area contributed by atoms with Crippen LogP contribution in [0.2, 0.25) is 0 Å². The molecule has 0 radical (unpaired) electrons. The zero-order valence-electron chi connectivity index (χ0n) is 28.1. The molecule has 2 aromatic heterocycles. The van der Waals surface area contributed by atoms with E-state index < -0.39 is 0 Å². The summed E-state index contributed by atoms with van der Waals surface area (Å²) in [7, 11) is 0. The smallest absolute Gasteiger partial charge is 0.145 e. The molecule has 0 aliphatic heterocycles. The standard InChI is InChI=1S/C49H30N2O/c1-2-14-36(15-3-1)51-44-21-11-10-20-43(44)50-49(51)32-24-22-31(23-25-32)47-38-16-6-8-18-40(38)48(41-19-9-7-17-39(41)47)35-26-27-37-42-28-33-12-4-5-13-34(33)29-46(42)52-45(37)30-35/h1-30H. The van der Waals surface area contributed by atoms with Crippen LogP contribution >= 0.6 is 0 Å². The van der Waals surface area contributed by atoms with E-state index in [1.807, 2.05) is 6.07 Å². The molecule has 9 aromatic carbocycles. The SMILES string of the molecule is c1ccc(-n2c(-c3ccc(-c4c5ccccc5c(-c5ccc6c(c5)oc5cc7ccccc7cc56)c5ccccc45)cc3)nc3ccccc32)cc1. The highest BCUT2D eigenvalue weighted by Crippen LogP contribution is 2.45. The fraction of sp³-hybridized carbons (Fsp3) is 0. The van der Waals surface area contributed by atoms with E-state index in [0.29, 0.717) is 0 Å². The normalized spacial score (nSPS) is 11.8. The molecule has 0 aliphatic rings. The summed E-state index contributed by atoms with van der Waals surface area (Å²) in [5, 5.41) is 9.55. The average molecular weight is 663 g/mol. The largest absolute Gasteiger partial charge is 0.456 e. The fourth-order valence-electron chi connectivity index (χ4n) is 8.21. The Morgan fingerprint density at radius 1 is 0.385 bits per heavy atom. The molecule has 2 heterocycles. The van der Waals surface area contributed by atoms with Crippen molar-refractivity contribution in [3.8, 4) is 39.3 Å². The quantitative estimate of drug-likeness (QED) is 0.176. The summed E-state index contributed by atoms with van der Waals surface area (Å²) in [5.41, 5.74) is 10.8. The van der Waals surface area contributed by atoms with Crippen LogP contribution < -0.4 is 0 Å². The maximum Gasteiger partial charge on any atom is 0.145 e. The summed E-state index contributed by atoms with van der Waals surface area (Å²) in [6.07, 6.45) is 0. The van der Waals surface area contributed by atoms with E-state index >= 15 is 0 Å². The monoisotopic (exact) mass is 662 g/mol. The molecule has 0 spiro atoms. The zero-order chi connectivity index (χ0) is 34.2. The lowest BCUT2D eigenvalue weighted by Gasteiger charge is -2.18. The average Bonchev–Trinajstić information content (AvgIpc) is 3.77. The summed E-state index contributed by atoms with van der Waals surface area (Å²) in [4.78, 5) is 5.11. The third kappa shape index (κ3) is 4.36. The minimum atomic E-state index is 0.900. The van der Waals surface area contributed by atoms with Gasteiger partial charge in [-0.1, -0.05) is 133 Å². The Bertz CT molecular complexity index is 3110. The maximum atomic E-state index is 6.54. The molecule has 242 valence electrons. The van der Waals surface area contributed by atoms with Crippen LogP contribution in [-0.2, 0) is 0 Å². The lowest BCUT2D eigenvalue weighted by Crippen LogP contribution is -1.97. The molecular weight excluding hydrogens is 633 g/mol. The molecule has 3 nitrogen and oxygen atoms in total. The number of fused-ring (bicyclic) bond motifs is 7. The number of hydrogen-bond acceptors (Lipinski definition) is 2. The number of aromatic nitrogens is 2. The van der Waals surface area contributed by atoms with Crippen LogP contribution in [0, 0.1) is 0 Å². The van der Waals surface area contributed by atoms with E-state index in [0.717, 1.165) is 55.6 Å². The Labute approximate surface area is 299 Å². The van der Waals surface area contributed by atoms with Crippen LogP contribution in [0.15, 0.2) is 186 Å². The number of imidazole rings is 1. The molecule has 11 aromatic rings. The van der Waals surface area contributed by atoms with Crippen molar-refractivity contribution < 1.29 is 4.42 Å². The van der Waals surface area contributed by atoms with Gasteiger partial charge in [0.25, 0.3) is 0 Å². The third-order valence-corrected chi connectivity index (χ3v) is 10.6. The molecule has 0 atom stereocenters. The van der Waals surface area contributed by atoms with Crippen molar-refractivity contribution in [1.29, 1.82) is 0 Å². The fourth-order valence-corrected chi connectivity index (χ4v) is 8.21. The third-order valence-electron chi connectivity index (χ3n) is 10.6. The summed E-state index contributed by atoms with van der Waals surface area (Å²) in [6.45, 7) is 0. The Morgan fingerprint density at radius 2 is 0.923 bits per heavy atom. The molecule has 3 heteroatoms. The first-order chi connectivity index (χ1) is 25.8. The lowest BCUT2D eigenvalue weighted by molar-refractivity contribution is 0.669. The van der Waals surface area contributed by atoms with Crippen molar-refractivity contribution in [2.75, 3.05) is 0 Å². The number of nitrogens with zero attached hydrogens (tertiary/aromatic N) is 2. The first-order valence-electron chi connectivity index (χ1n) is 17.7. The predicted molar refractivity (Wildman–Crippen MR) is 217 cm³/mol. The first-order valence-corrected chi connectivity index (χ1v) is 17.7. The minimum absolute atomic E-state index is 0.900. The van der Waals surface area contributed by atoms with Crippen molar-refractivity contribution in [2.45, 2.75) is 0 Å². The molecule has 0 fully saturated rings. The van der Waals surface area contributed by atoms with E-state index in [4.69, 9.17) is 9.40 Å². The molecule has 11 rings (SSSR count). The highest BCUT2D eigenvalue weighted by atomic mass is 16.3. The Kier molecular flexibility index (Phi) is 6.25. The second-order valence-electron chi connectivity index (χ2n) is 13.5. The molecule has 0 unspecified atom stereocenters. The van der Waals surface area contributed by atoms with E-state index in [2.05, 4.69) is 180 Å². The van der Waals surface area contributed by atoms with Gasteiger partial charge in [-0.15, -0.1) is 0 Å². The zero-order valence-corrected chi connectivity index (χ0v) is 28.1. The maximum absolute atomic E-state index is 6.54. The highest BCUT2D eigenvalue weighted by molar-refractivity contribution is 6.22. The summed E-state index contributed by atoms with van der Waals surface area (Å²) in [5.74, 6) is 0.929. The van der Waals surface area contributed by atoms with Gasteiger partial charge in [0.2, 0.25) is 0 Å². The van der Waals surface area contributed by atoms with E-state index in [9.17, 15) is 0 Å². The second kappa shape index (κ2) is 11.3. The molecular formula is C49H30N2O. The second-order valence-corrected chi connectivity index (χ2v) is 13.5. The summed E-state index contributed by atoms with van der Waals surface area (Å²) < 4.78 is 8.79. The summed E-state index contributed by atoms with van der Waals surface area (Å²) >= 11 is 0. The molecule has 0 saturated carbocycles. The number of benzene rings is 9. The van der Waals surface area contributed by atoms with Gasteiger partial charge in [-0.05, 0) is 103 Å². The van der Waals surface area contributed by atoms with Gasteiger partial charge in [-0.2, -0.15) is 0 Å². The van der Waals surface area contributed by atoms with Crippen LogP contribution in [0.3, 0.4) is 0 Å². The van der Waals surface area contributed by atoms with Crippen molar-refractivity contribution in [3.05, 3.63) is 182 Å². The summed E-state index contributed by atoms with van der Waals surface area (Å²) in [6, 6.07) is 65.0. The molecule has 0 aliphatic carbocycles. The number of para-hydroxylation sites is 3. The van der Waals surface area contributed by atoms with Gasteiger partial charge >= 0.3 is 0 Å². The number of hydrogen-bond donors (Lipinski definition) is 0. The van der Waals surface area contributed by atoms with Crippen molar-refractivity contribution >= 4 is 65.3 Å². The van der Waals surface area contributed by atoms with Crippen LogP contribution in [0.1, 0.15) is 0 Å². The number of furan rings is 1. The molecule has 0 N–H and O–H groups in total. The predicted octanol–water partition coefficient (Wildman–Crippen LogP) is 13.4. The van der Waals surface area contributed by atoms with Crippen LogP contribution in [-0.4, -0.2) is 9.55 Å². The molecule has 0 bridgehead atoms.